The van der Waals surface area contributed by atoms with Gasteiger partial charge in [0.2, 0.25) is 5.43 Å². The number of benzene rings is 2. The Balaban J connectivity index is 1.77. The zero-order valence-electron chi connectivity index (χ0n) is 16.3. The number of quaternary nitrogens is 1. The van der Waals surface area contributed by atoms with Crippen LogP contribution in [0.3, 0.4) is 0 Å². The molecule has 3 N–H and O–H groups in total. The maximum atomic E-state index is 13.2. The molecule has 0 saturated carbocycles. The minimum Gasteiger partial charge on any atom is -0.490 e. The summed E-state index contributed by atoms with van der Waals surface area (Å²) in [5.41, 5.74) is 4.99. The van der Waals surface area contributed by atoms with Gasteiger partial charge in [-0.3, -0.25) is 4.79 Å². The molecule has 0 saturated heterocycles. The number of esters is 1. The second kappa shape index (κ2) is 7.60. The summed E-state index contributed by atoms with van der Waals surface area (Å²) in [4.78, 5) is 24.9. The first-order valence-corrected chi connectivity index (χ1v) is 9.46. The summed E-state index contributed by atoms with van der Waals surface area (Å²) in [7, 11) is 0. The molecule has 0 radical (unpaired) electrons. The quantitative estimate of drug-likeness (QED) is 0.539. The number of hydrogen-bond donors (Lipinski definition) is 1. The van der Waals surface area contributed by atoms with Crippen LogP contribution in [0.1, 0.15) is 19.1 Å². The lowest BCUT2D eigenvalue weighted by Gasteiger charge is -2.12. The second-order valence-electron chi connectivity index (χ2n) is 7.05. The molecule has 2 heterocycles. The van der Waals surface area contributed by atoms with Crippen LogP contribution in [0, 0.1) is 6.92 Å². The first-order chi connectivity index (χ1) is 13.9. The van der Waals surface area contributed by atoms with E-state index in [4.69, 9.17) is 18.6 Å². The predicted molar refractivity (Wildman–Crippen MR) is 106 cm³/mol. The Bertz CT molecular complexity index is 1150. The summed E-state index contributed by atoms with van der Waals surface area (Å²) < 4.78 is 22.6. The van der Waals surface area contributed by atoms with Crippen molar-refractivity contribution >= 4 is 16.9 Å². The fourth-order valence-corrected chi connectivity index (χ4v) is 3.22. The number of hydrogen-bond acceptors (Lipinski definition) is 6. The summed E-state index contributed by atoms with van der Waals surface area (Å²) in [6, 6.07) is 9.66. The smallest absolute Gasteiger partial charge is 0.369 e. The standard InChI is InChI=1S/C22H21NO6/c1-12(23)22(25)29-15-5-6-16-18(11-15)28-13(2)20(21(16)24)14-4-7-17-19(10-14)27-9-3-8-26-17/h4-7,10-12H,3,8-9,23H2,1-2H3/p+1/t12-/m1/s1. The van der Waals surface area contributed by atoms with E-state index in [1.54, 1.807) is 38.1 Å². The molecule has 1 aliphatic rings. The van der Waals surface area contributed by atoms with E-state index in [1.807, 2.05) is 12.1 Å². The van der Waals surface area contributed by atoms with Crippen LogP contribution in [0.15, 0.2) is 45.6 Å². The van der Waals surface area contributed by atoms with Crippen molar-refractivity contribution in [2.75, 3.05) is 13.2 Å². The number of rotatable bonds is 3. The van der Waals surface area contributed by atoms with Gasteiger partial charge in [0.1, 0.15) is 17.1 Å². The zero-order chi connectivity index (χ0) is 20.5. The van der Waals surface area contributed by atoms with Crippen molar-refractivity contribution in [2.45, 2.75) is 26.3 Å². The van der Waals surface area contributed by atoms with Gasteiger partial charge < -0.3 is 24.4 Å². The van der Waals surface area contributed by atoms with Crippen LogP contribution < -0.4 is 25.4 Å². The van der Waals surface area contributed by atoms with E-state index in [1.165, 1.54) is 0 Å². The SMILES string of the molecule is Cc1oc2cc(OC(=O)[C@@H](C)[NH3+])ccc2c(=O)c1-c1ccc2c(c1)OCCCO2. The molecule has 150 valence electrons. The lowest BCUT2D eigenvalue weighted by atomic mass is 10.0. The molecule has 29 heavy (non-hydrogen) atoms. The van der Waals surface area contributed by atoms with Crippen LogP contribution in [0.2, 0.25) is 0 Å². The van der Waals surface area contributed by atoms with E-state index < -0.39 is 12.0 Å². The Kier molecular flexibility index (Phi) is 4.98. The van der Waals surface area contributed by atoms with Crippen molar-refractivity contribution in [3.05, 3.63) is 52.4 Å². The Morgan fingerprint density at radius 1 is 1.10 bits per heavy atom. The molecule has 3 aromatic rings. The summed E-state index contributed by atoms with van der Waals surface area (Å²) >= 11 is 0. The maximum absolute atomic E-state index is 13.2. The topological polar surface area (TPSA) is 103 Å². The number of fused-ring (bicyclic) bond motifs is 2. The van der Waals surface area contributed by atoms with Crippen LogP contribution in [-0.2, 0) is 4.79 Å². The van der Waals surface area contributed by atoms with Crippen molar-refractivity contribution in [2.24, 2.45) is 0 Å². The molecule has 4 rings (SSSR count). The van der Waals surface area contributed by atoms with Gasteiger partial charge in [-0.2, -0.15) is 0 Å². The lowest BCUT2D eigenvalue weighted by Crippen LogP contribution is -2.64. The van der Waals surface area contributed by atoms with Crippen LogP contribution in [0.25, 0.3) is 22.1 Å². The summed E-state index contributed by atoms with van der Waals surface area (Å²) in [5, 5.41) is 0.403. The van der Waals surface area contributed by atoms with E-state index in [-0.39, 0.29) is 5.43 Å². The molecule has 2 aromatic carbocycles. The number of aryl methyl sites for hydroxylation is 1. The highest BCUT2D eigenvalue weighted by Crippen LogP contribution is 2.35. The third kappa shape index (κ3) is 3.69. The monoisotopic (exact) mass is 396 g/mol. The molecular weight excluding hydrogens is 374 g/mol. The molecule has 0 fully saturated rings. The highest BCUT2D eigenvalue weighted by Gasteiger charge is 2.19. The summed E-state index contributed by atoms with van der Waals surface area (Å²) in [6.45, 7) is 4.55. The summed E-state index contributed by atoms with van der Waals surface area (Å²) in [6.07, 6.45) is 0.806. The average Bonchev–Trinajstić information content (AvgIpc) is 2.92. The minimum absolute atomic E-state index is 0.165. The third-order valence-electron chi connectivity index (χ3n) is 4.70. The van der Waals surface area contributed by atoms with E-state index in [0.717, 1.165) is 6.42 Å². The van der Waals surface area contributed by atoms with Crippen LogP contribution in [0.5, 0.6) is 17.2 Å². The van der Waals surface area contributed by atoms with Gasteiger partial charge >= 0.3 is 5.97 Å². The van der Waals surface area contributed by atoms with Gasteiger partial charge in [-0.25, -0.2) is 4.79 Å². The fourth-order valence-electron chi connectivity index (χ4n) is 3.22. The van der Waals surface area contributed by atoms with E-state index in [2.05, 4.69) is 5.73 Å². The normalized spacial score (nSPS) is 14.3. The molecular formula is C22H22NO6+. The molecule has 1 atom stereocenters. The predicted octanol–water partition coefficient (Wildman–Crippen LogP) is 2.47. The van der Waals surface area contributed by atoms with Crippen LogP contribution in [0.4, 0.5) is 0 Å². The second-order valence-corrected chi connectivity index (χ2v) is 7.05. The van der Waals surface area contributed by atoms with Gasteiger partial charge in [0.05, 0.1) is 24.2 Å². The fraction of sp³-hybridized carbons (Fsp3) is 0.273. The highest BCUT2D eigenvalue weighted by molar-refractivity contribution is 5.85. The van der Waals surface area contributed by atoms with Gasteiger partial charge in [0.25, 0.3) is 0 Å². The zero-order valence-corrected chi connectivity index (χ0v) is 16.3. The van der Waals surface area contributed by atoms with E-state index in [9.17, 15) is 9.59 Å². The van der Waals surface area contributed by atoms with Crippen molar-refractivity contribution in [1.82, 2.24) is 0 Å². The minimum atomic E-state index is -0.499. The first kappa shape index (κ1) is 19.0. The summed E-state index contributed by atoms with van der Waals surface area (Å²) in [5.74, 6) is 1.60. The van der Waals surface area contributed by atoms with E-state index in [0.29, 0.717) is 58.3 Å². The largest absolute Gasteiger partial charge is 0.490 e. The number of ether oxygens (including phenoxy) is 3. The van der Waals surface area contributed by atoms with Crippen molar-refractivity contribution < 1.29 is 29.2 Å². The van der Waals surface area contributed by atoms with Gasteiger partial charge in [0.15, 0.2) is 17.5 Å². The lowest BCUT2D eigenvalue weighted by molar-refractivity contribution is -0.401. The van der Waals surface area contributed by atoms with Crippen LogP contribution >= 0.6 is 0 Å². The Morgan fingerprint density at radius 3 is 2.62 bits per heavy atom. The van der Waals surface area contributed by atoms with Crippen LogP contribution in [-0.4, -0.2) is 25.2 Å². The average molecular weight is 396 g/mol. The highest BCUT2D eigenvalue weighted by atomic mass is 16.5. The van der Waals surface area contributed by atoms with Crippen molar-refractivity contribution in [3.8, 4) is 28.4 Å². The Labute approximate surface area is 167 Å². The van der Waals surface area contributed by atoms with E-state index >= 15 is 0 Å². The molecule has 7 nitrogen and oxygen atoms in total. The first-order valence-electron chi connectivity index (χ1n) is 9.46. The molecule has 0 amide bonds. The molecule has 1 aliphatic heterocycles. The van der Waals surface area contributed by atoms with Gasteiger partial charge in [0, 0.05) is 12.5 Å². The molecule has 0 unspecified atom stereocenters. The van der Waals surface area contributed by atoms with Gasteiger partial charge in [-0.1, -0.05) is 6.07 Å². The van der Waals surface area contributed by atoms with Crippen molar-refractivity contribution in [3.63, 3.8) is 0 Å². The third-order valence-corrected chi connectivity index (χ3v) is 4.70. The molecule has 0 aliphatic carbocycles. The maximum Gasteiger partial charge on any atom is 0.369 e. The number of carbonyl (C=O) groups is 1. The number of carbonyl (C=O) groups excluding carboxylic acids is 1. The molecule has 1 aromatic heterocycles. The molecule has 0 spiro atoms. The van der Waals surface area contributed by atoms with Gasteiger partial charge in [-0.15, -0.1) is 0 Å². The Morgan fingerprint density at radius 2 is 1.86 bits per heavy atom. The molecule has 0 bridgehead atoms. The van der Waals surface area contributed by atoms with Crippen molar-refractivity contribution in [1.29, 1.82) is 0 Å². The molecule has 7 heteroatoms. The van der Waals surface area contributed by atoms with Gasteiger partial charge in [-0.05, 0) is 43.7 Å². The Hall–Kier alpha value is -3.32.